The SMILES string of the molecule is CCC1NC(C)C(=O)N1CCC(C)(C)C. The Morgan fingerprint density at radius 3 is 2.47 bits per heavy atom. The Bertz CT molecular complexity index is 232. The van der Waals surface area contributed by atoms with Crippen LogP contribution in [0.2, 0.25) is 0 Å². The number of carbonyl (C=O) groups excluding carboxylic acids is 1. The van der Waals surface area contributed by atoms with Gasteiger partial charge in [0.1, 0.15) is 0 Å². The number of nitrogens with one attached hydrogen (secondary N) is 1. The second kappa shape index (κ2) is 4.52. The summed E-state index contributed by atoms with van der Waals surface area (Å²) in [6, 6.07) is -0.00471. The third-order valence-corrected chi connectivity index (χ3v) is 2.96. The van der Waals surface area contributed by atoms with E-state index >= 15 is 0 Å². The van der Waals surface area contributed by atoms with E-state index in [0.717, 1.165) is 19.4 Å². The predicted octanol–water partition coefficient (Wildman–Crippen LogP) is 1.98. The molecule has 1 rings (SSSR count). The van der Waals surface area contributed by atoms with Crippen molar-refractivity contribution in [3.63, 3.8) is 0 Å². The van der Waals surface area contributed by atoms with Gasteiger partial charge in [0.05, 0.1) is 12.2 Å². The fourth-order valence-corrected chi connectivity index (χ4v) is 1.91. The van der Waals surface area contributed by atoms with Crippen LogP contribution >= 0.6 is 0 Å². The predicted molar refractivity (Wildman–Crippen MR) is 62.5 cm³/mol. The Morgan fingerprint density at radius 1 is 1.40 bits per heavy atom. The molecule has 0 aromatic heterocycles. The van der Waals surface area contributed by atoms with E-state index in [0.29, 0.717) is 5.41 Å². The van der Waals surface area contributed by atoms with Crippen molar-refractivity contribution in [2.45, 2.75) is 59.7 Å². The first-order chi connectivity index (χ1) is 6.85. The molecule has 3 nitrogen and oxygen atoms in total. The molecule has 1 heterocycles. The smallest absolute Gasteiger partial charge is 0.240 e. The normalized spacial score (nSPS) is 27.5. The van der Waals surface area contributed by atoms with Gasteiger partial charge < -0.3 is 4.90 Å². The molecule has 0 aromatic rings. The molecule has 0 aliphatic carbocycles. The van der Waals surface area contributed by atoms with E-state index in [1.807, 2.05) is 11.8 Å². The maximum absolute atomic E-state index is 11.9. The molecule has 1 fully saturated rings. The summed E-state index contributed by atoms with van der Waals surface area (Å²) in [5, 5.41) is 3.32. The van der Waals surface area contributed by atoms with Crippen molar-refractivity contribution < 1.29 is 4.79 Å². The lowest BCUT2D eigenvalue weighted by Gasteiger charge is -2.27. The fraction of sp³-hybridized carbons (Fsp3) is 0.917. The third kappa shape index (κ3) is 3.20. The Hall–Kier alpha value is -0.570. The molecule has 15 heavy (non-hydrogen) atoms. The lowest BCUT2D eigenvalue weighted by molar-refractivity contribution is -0.130. The third-order valence-electron chi connectivity index (χ3n) is 2.96. The van der Waals surface area contributed by atoms with Gasteiger partial charge in [-0.2, -0.15) is 0 Å². The van der Waals surface area contributed by atoms with Gasteiger partial charge in [-0.3, -0.25) is 10.1 Å². The van der Waals surface area contributed by atoms with Gasteiger partial charge in [0.25, 0.3) is 0 Å². The highest BCUT2D eigenvalue weighted by atomic mass is 16.2. The molecular formula is C12H24N2O. The van der Waals surface area contributed by atoms with Crippen molar-refractivity contribution in [2.75, 3.05) is 6.54 Å². The molecular weight excluding hydrogens is 188 g/mol. The standard InChI is InChI=1S/C12H24N2O/c1-6-10-13-9(2)11(15)14(10)8-7-12(3,4)5/h9-10,13H,6-8H2,1-5H3. The average molecular weight is 212 g/mol. The van der Waals surface area contributed by atoms with Crippen LogP contribution in [0.5, 0.6) is 0 Å². The molecule has 3 heteroatoms. The second-order valence-corrected chi connectivity index (χ2v) is 5.65. The molecule has 0 spiro atoms. The van der Waals surface area contributed by atoms with Crippen LogP contribution < -0.4 is 5.32 Å². The molecule has 1 saturated heterocycles. The molecule has 0 saturated carbocycles. The van der Waals surface area contributed by atoms with Crippen LogP contribution in [-0.4, -0.2) is 29.6 Å². The van der Waals surface area contributed by atoms with Gasteiger partial charge in [-0.1, -0.05) is 27.7 Å². The Kier molecular flexibility index (Phi) is 3.77. The van der Waals surface area contributed by atoms with E-state index in [2.05, 4.69) is 33.0 Å². The first kappa shape index (κ1) is 12.5. The zero-order valence-corrected chi connectivity index (χ0v) is 10.6. The summed E-state index contributed by atoms with van der Waals surface area (Å²) in [6.45, 7) is 11.6. The minimum Gasteiger partial charge on any atom is -0.326 e. The summed E-state index contributed by atoms with van der Waals surface area (Å²) < 4.78 is 0. The van der Waals surface area contributed by atoms with Crippen molar-refractivity contribution in [3.8, 4) is 0 Å². The molecule has 1 aliphatic rings. The van der Waals surface area contributed by atoms with Crippen LogP contribution in [0.3, 0.4) is 0 Å². The molecule has 0 bridgehead atoms. The molecule has 2 unspecified atom stereocenters. The topological polar surface area (TPSA) is 32.3 Å². The van der Waals surface area contributed by atoms with Crippen LogP contribution in [0.1, 0.15) is 47.5 Å². The number of hydrogen-bond acceptors (Lipinski definition) is 2. The first-order valence-corrected chi connectivity index (χ1v) is 5.91. The van der Waals surface area contributed by atoms with Gasteiger partial charge in [-0.05, 0) is 25.2 Å². The minimum absolute atomic E-state index is 0.00471. The van der Waals surface area contributed by atoms with Crippen LogP contribution in [0.4, 0.5) is 0 Å². The minimum atomic E-state index is -0.00471. The van der Waals surface area contributed by atoms with Crippen molar-refractivity contribution in [1.82, 2.24) is 10.2 Å². The van der Waals surface area contributed by atoms with Crippen molar-refractivity contribution in [2.24, 2.45) is 5.41 Å². The van der Waals surface area contributed by atoms with Crippen LogP contribution in [-0.2, 0) is 4.79 Å². The zero-order chi connectivity index (χ0) is 11.6. The summed E-state index contributed by atoms with van der Waals surface area (Å²) >= 11 is 0. The highest BCUT2D eigenvalue weighted by Crippen LogP contribution is 2.22. The molecule has 1 aliphatic heterocycles. The number of hydrogen-bond donors (Lipinski definition) is 1. The fourth-order valence-electron chi connectivity index (χ4n) is 1.91. The first-order valence-electron chi connectivity index (χ1n) is 5.91. The lowest BCUT2D eigenvalue weighted by atomic mass is 9.92. The second-order valence-electron chi connectivity index (χ2n) is 5.65. The maximum Gasteiger partial charge on any atom is 0.240 e. The summed E-state index contributed by atoms with van der Waals surface area (Å²) in [5.41, 5.74) is 0.296. The highest BCUT2D eigenvalue weighted by molar-refractivity contribution is 5.83. The highest BCUT2D eigenvalue weighted by Gasteiger charge is 2.35. The van der Waals surface area contributed by atoms with Crippen molar-refractivity contribution in [3.05, 3.63) is 0 Å². The van der Waals surface area contributed by atoms with E-state index in [9.17, 15) is 4.79 Å². The summed E-state index contributed by atoms with van der Waals surface area (Å²) in [7, 11) is 0. The van der Waals surface area contributed by atoms with Crippen LogP contribution in [0.15, 0.2) is 0 Å². The molecule has 0 aromatic carbocycles. The molecule has 88 valence electrons. The molecule has 1 N–H and O–H groups in total. The number of rotatable bonds is 3. The van der Waals surface area contributed by atoms with Gasteiger partial charge in [-0.25, -0.2) is 0 Å². The summed E-state index contributed by atoms with van der Waals surface area (Å²) in [5.74, 6) is 0.256. The maximum atomic E-state index is 11.9. The monoisotopic (exact) mass is 212 g/mol. The van der Waals surface area contributed by atoms with Crippen LogP contribution in [0.25, 0.3) is 0 Å². The molecule has 2 atom stereocenters. The zero-order valence-electron chi connectivity index (χ0n) is 10.6. The van der Waals surface area contributed by atoms with E-state index in [4.69, 9.17) is 0 Å². The lowest BCUT2D eigenvalue weighted by Crippen LogP contribution is -2.38. The molecule has 0 radical (unpaired) electrons. The van der Waals surface area contributed by atoms with Gasteiger partial charge >= 0.3 is 0 Å². The number of amides is 1. The quantitative estimate of drug-likeness (QED) is 0.776. The average Bonchev–Trinajstić information content (AvgIpc) is 2.39. The molecule has 1 amide bonds. The van der Waals surface area contributed by atoms with Crippen molar-refractivity contribution in [1.29, 1.82) is 0 Å². The van der Waals surface area contributed by atoms with Gasteiger partial charge in [0.2, 0.25) is 5.91 Å². The van der Waals surface area contributed by atoms with E-state index in [1.165, 1.54) is 0 Å². The summed E-state index contributed by atoms with van der Waals surface area (Å²) in [6.07, 6.45) is 2.29. The van der Waals surface area contributed by atoms with E-state index in [1.54, 1.807) is 0 Å². The van der Waals surface area contributed by atoms with Gasteiger partial charge in [0.15, 0.2) is 0 Å². The Labute approximate surface area is 93.2 Å². The Morgan fingerprint density at radius 2 is 2.00 bits per heavy atom. The van der Waals surface area contributed by atoms with Crippen LogP contribution in [0, 0.1) is 5.41 Å². The van der Waals surface area contributed by atoms with Crippen molar-refractivity contribution >= 4 is 5.91 Å². The van der Waals surface area contributed by atoms with Gasteiger partial charge in [0, 0.05) is 6.54 Å². The van der Waals surface area contributed by atoms with E-state index in [-0.39, 0.29) is 18.1 Å². The van der Waals surface area contributed by atoms with E-state index < -0.39 is 0 Å². The van der Waals surface area contributed by atoms with Gasteiger partial charge in [-0.15, -0.1) is 0 Å². The number of nitrogens with zero attached hydrogens (tertiary/aromatic N) is 1. The Balaban J connectivity index is 2.55. The largest absolute Gasteiger partial charge is 0.326 e. The summed E-state index contributed by atoms with van der Waals surface area (Å²) in [4.78, 5) is 13.9. The number of carbonyl (C=O) groups is 1.